The highest BCUT2D eigenvalue weighted by Gasteiger charge is 2.32. The molecule has 0 aliphatic heterocycles. The van der Waals surface area contributed by atoms with Crippen LogP contribution in [0.15, 0.2) is 14.7 Å². The Bertz CT molecular complexity index is 568. The summed E-state index contributed by atoms with van der Waals surface area (Å²) in [6, 6.07) is 1.30. The maximum absolute atomic E-state index is 11.8. The van der Waals surface area contributed by atoms with Crippen molar-refractivity contribution in [3.05, 3.63) is 14.2 Å². The largest absolute Gasteiger partial charge is 0.479 e. The Balaban J connectivity index is 2.91. The molecule has 1 heterocycles. The number of carboxylic acids is 1. The van der Waals surface area contributed by atoms with Crippen molar-refractivity contribution < 1.29 is 23.4 Å². The summed E-state index contributed by atoms with van der Waals surface area (Å²) in [5.74, 6) is -1.53. The first-order valence-electron chi connectivity index (χ1n) is 4.46. The molecule has 102 valence electrons. The number of hydrogen-bond acceptors (Lipinski definition) is 5. The van der Waals surface area contributed by atoms with Crippen LogP contribution in [0.4, 0.5) is 0 Å². The minimum atomic E-state index is -3.96. The van der Waals surface area contributed by atoms with Gasteiger partial charge in [0, 0.05) is 0 Å². The molecule has 0 aromatic carbocycles. The maximum Gasteiger partial charge on any atom is 0.336 e. The van der Waals surface area contributed by atoms with Crippen molar-refractivity contribution in [2.75, 3.05) is 6.54 Å². The molecule has 6 nitrogen and oxygen atoms in total. The topological polar surface area (TPSA) is 104 Å². The van der Waals surface area contributed by atoms with Gasteiger partial charge in [0.05, 0.1) is 10.3 Å². The second kappa shape index (κ2) is 5.43. The summed E-state index contributed by atoms with van der Waals surface area (Å²) >= 11 is 9.84. The third kappa shape index (κ3) is 3.65. The number of rotatable bonds is 5. The predicted molar refractivity (Wildman–Crippen MR) is 70.5 cm³/mol. The minimum Gasteiger partial charge on any atom is -0.479 e. The van der Waals surface area contributed by atoms with Gasteiger partial charge in [-0.05, 0) is 28.9 Å². The minimum absolute atomic E-state index is 0.0457. The van der Waals surface area contributed by atoms with E-state index in [1.807, 2.05) is 4.72 Å². The van der Waals surface area contributed by atoms with Crippen molar-refractivity contribution in [1.29, 1.82) is 0 Å². The molecule has 0 aliphatic rings. The Kier molecular flexibility index (Phi) is 4.79. The van der Waals surface area contributed by atoms with Gasteiger partial charge in [0.1, 0.15) is 9.23 Å². The van der Waals surface area contributed by atoms with E-state index in [1.165, 1.54) is 6.07 Å². The molecule has 1 unspecified atom stereocenters. The molecule has 1 atom stereocenters. The van der Waals surface area contributed by atoms with Crippen LogP contribution in [0.25, 0.3) is 0 Å². The SMILES string of the molecule is CC(O)(CNS(=O)(=O)c1cc(Br)sc1Cl)C(=O)O. The third-order valence-electron chi connectivity index (χ3n) is 1.98. The van der Waals surface area contributed by atoms with Crippen LogP contribution in [-0.2, 0) is 14.8 Å². The van der Waals surface area contributed by atoms with E-state index in [0.29, 0.717) is 3.79 Å². The normalized spacial score (nSPS) is 15.3. The van der Waals surface area contributed by atoms with E-state index in [4.69, 9.17) is 16.7 Å². The Hall–Kier alpha value is -0.190. The molecule has 3 N–H and O–H groups in total. The van der Waals surface area contributed by atoms with Crippen molar-refractivity contribution in [3.63, 3.8) is 0 Å². The number of aliphatic carboxylic acids is 1. The van der Waals surface area contributed by atoms with Crippen LogP contribution in [0.1, 0.15) is 6.92 Å². The summed E-state index contributed by atoms with van der Waals surface area (Å²) in [5, 5.41) is 18.1. The molecule has 1 aromatic heterocycles. The van der Waals surface area contributed by atoms with Gasteiger partial charge < -0.3 is 10.2 Å². The van der Waals surface area contributed by atoms with Gasteiger partial charge in [-0.25, -0.2) is 17.9 Å². The standard InChI is InChI=1S/C8H9BrClNO5S2/c1-8(14,7(12)13)3-11-18(15,16)4-2-5(9)17-6(4)10/h2,11,14H,3H2,1H3,(H,12,13). The van der Waals surface area contributed by atoms with Crippen molar-refractivity contribution in [1.82, 2.24) is 4.72 Å². The van der Waals surface area contributed by atoms with Crippen molar-refractivity contribution in [2.24, 2.45) is 0 Å². The van der Waals surface area contributed by atoms with Gasteiger partial charge in [-0.15, -0.1) is 11.3 Å². The summed E-state index contributed by atoms with van der Waals surface area (Å²) in [6.45, 7) is 0.331. The molecule has 0 saturated heterocycles. The summed E-state index contributed by atoms with van der Waals surface area (Å²) in [7, 11) is -3.96. The second-order valence-corrected chi connectivity index (χ2v) is 8.36. The lowest BCUT2D eigenvalue weighted by molar-refractivity contribution is -0.155. The van der Waals surface area contributed by atoms with Crippen LogP contribution in [0, 0.1) is 0 Å². The smallest absolute Gasteiger partial charge is 0.336 e. The third-order valence-corrected chi connectivity index (χ3v) is 5.51. The van der Waals surface area contributed by atoms with Crippen LogP contribution in [0.3, 0.4) is 0 Å². The quantitative estimate of drug-likeness (QED) is 0.716. The summed E-state index contributed by atoms with van der Waals surface area (Å²) in [4.78, 5) is 10.5. The van der Waals surface area contributed by atoms with E-state index in [2.05, 4.69) is 15.9 Å². The van der Waals surface area contributed by atoms with Gasteiger partial charge in [0.25, 0.3) is 0 Å². The van der Waals surface area contributed by atoms with E-state index >= 15 is 0 Å². The van der Waals surface area contributed by atoms with E-state index < -0.39 is 28.1 Å². The van der Waals surface area contributed by atoms with E-state index in [1.54, 1.807) is 0 Å². The molecular formula is C8H9BrClNO5S2. The number of sulfonamides is 1. The summed E-state index contributed by atoms with van der Waals surface area (Å²) in [6.07, 6.45) is 0. The molecule has 1 aromatic rings. The van der Waals surface area contributed by atoms with Gasteiger partial charge in [-0.1, -0.05) is 11.6 Å². The van der Waals surface area contributed by atoms with E-state index in [0.717, 1.165) is 18.3 Å². The lowest BCUT2D eigenvalue weighted by Crippen LogP contribution is -2.46. The van der Waals surface area contributed by atoms with Crippen molar-refractivity contribution in [3.8, 4) is 0 Å². The zero-order valence-electron chi connectivity index (χ0n) is 8.98. The lowest BCUT2D eigenvalue weighted by Gasteiger charge is -2.18. The fourth-order valence-corrected chi connectivity index (χ4v) is 4.80. The van der Waals surface area contributed by atoms with E-state index in [-0.39, 0.29) is 9.23 Å². The molecule has 0 aliphatic carbocycles. The Morgan fingerprint density at radius 3 is 2.61 bits per heavy atom. The van der Waals surface area contributed by atoms with Crippen molar-refractivity contribution in [2.45, 2.75) is 17.4 Å². The van der Waals surface area contributed by atoms with Crippen molar-refractivity contribution >= 4 is 54.9 Å². The number of aliphatic hydroxyl groups is 1. The van der Waals surface area contributed by atoms with Gasteiger partial charge in [0.2, 0.25) is 10.0 Å². The number of thiophene rings is 1. The average molecular weight is 379 g/mol. The Labute approximate surface area is 121 Å². The Morgan fingerprint density at radius 1 is 1.67 bits per heavy atom. The fourth-order valence-electron chi connectivity index (χ4n) is 0.897. The highest BCUT2D eigenvalue weighted by molar-refractivity contribution is 9.11. The van der Waals surface area contributed by atoms with Gasteiger partial charge >= 0.3 is 5.97 Å². The van der Waals surface area contributed by atoms with Gasteiger partial charge in [0.15, 0.2) is 5.60 Å². The Morgan fingerprint density at radius 2 is 2.22 bits per heavy atom. The molecule has 0 fully saturated rings. The molecular weight excluding hydrogens is 370 g/mol. The molecule has 0 amide bonds. The molecule has 1 rings (SSSR count). The van der Waals surface area contributed by atoms with Crippen LogP contribution in [0.5, 0.6) is 0 Å². The zero-order chi connectivity index (χ0) is 14.1. The molecule has 10 heteroatoms. The summed E-state index contributed by atoms with van der Waals surface area (Å²) < 4.78 is 26.2. The highest BCUT2D eigenvalue weighted by Crippen LogP contribution is 2.34. The molecule has 0 bridgehead atoms. The number of nitrogens with one attached hydrogen (secondary N) is 1. The predicted octanol–water partition coefficient (Wildman–Crippen LogP) is 1.28. The molecule has 18 heavy (non-hydrogen) atoms. The maximum atomic E-state index is 11.8. The number of carboxylic acid groups (broad SMARTS) is 1. The lowest BCUT2D eigenvalue weighted by atomic mass is 10.1. The first kappa shape index (κ1) is 15.9. The number of carbonyl (C=O) groups is 1. The first-order valence-corrected chi connectivity index (χ1v) is 7.93. The average Bonchev–Trinajstić information content (AvgIpc) is 2.56. The number of hydrogen-bond donors (Lipinski definition) is 3. The van der Waals surface area contributed by atoms with Crippen LogP contribution < -0.4 is 4.72 Å². The fraction of sp³-hybridized carbons (Fsp3) is 0.375. The first-order chi connectivity index (χ1) is 8.06. The second-order valence-electron chi connectivity index (χ2n) is 3.59. The van der Waals surface area contributed by atoms with Gasteiger partial charge in [-0.2, -0.15) is 0 Å². The molecule has 0 radical (unpaired) electrons. The molecule has 0 saturated carbocycles. The molecule has 0 spiro atoms. The number of halogens is 2. The zero-order valence-corrected chi connectivity index (χ0v) is 13.0. The van der Waals surface area contributed by atoms with Crippen LogP contribution in [-0.4, -0.2) is 36.7 Å². The monoisotopic (exact) mass is 377 g/mol. The van der Waals surface area contributed by atoms with Gasteiger partial charge in [-0.3, -0.25) is 0 Å². The van der Waals surface area contributed by atoms with Crippen LogP contribution >= 0.6 is 38.9 Å². The highest BCUT2D eigenvalue weighted by atomic mass is 79.9. The van der Waals surface area contributed by atoms with Crippen LogP contribution in [0.2, 0.25) is 4.34 Å². The van der Waals surface area contributed by atoms with E-state index in [9.17, 15) is 18.3 Å². The summed E-state index contributed by atoms with van der Waals surface area (Å²) in [5.41, 5.74) is -2.19.